The quantitative estimate of drug-likeness (QED) is 0.884. The molecule has 3 aliphatic heterocycles. The summed E-state index contributed by atoms with van der Waals surface area (Å²) < 4.78 is 8.32. The molecule has 0 aliphatic carbocycles. The number of carbonyl (C=O) groups excluding carboxylic acids is 1. The van der Waals surface area contributed by atoms with E-state index in [9.17, 15) is 4.79 Å². The Labute approximate surface area is 158 Å². The van der Waals surface area contributed by atoms with E-state index in [1.165, 1.54) is 24.0 Å². The molecule has 4 heterocycles. The van der Waals surface area contributed by atoms with Crippen LogP contribution in [-0.2, 0) is 36.5 Å². The highest BCUT2D eigenvalue weighted by Crippen LogP contribution is 2.43. The van der Waals surface area contributed by atoms with Crippen molar-refractivity contribution < 1.29 is 9.53 Å². The molecule has 1 atom stereocenters. The van der Waals surface area contributed by atoms with E-state index >= 15 is 0 Å². The minimum atomic E-state index is -0.333. The Balaban J connectivity index is 1.24. The van der Waals surface area contributed by atoms with Crippen LogP contribution in [0.4, 0.5) is 4.79 Å². The summed E-state index contributed by atoms with van der Waals surface area (Å²) in [5.41, 5.74) is 2.15. The lowest BCUT2D eigenvalue weighted by Crippen LogP contribution is -2.40. The van der Waals surface area contributed by atoms with Crippen molar-refractivity contribution in [2.45, 2.75) is 57.4 Å². The molecule has 0 radical (unpaired) electrons. The summed E-state index contributed by atoms with van der Waals surface area (Å²) in [5.74, 6) is 1.91. The number of nitrogens with zero attached hydrogens (tertiary/aromatic N) is 4. The fourth-order valence-corrected chi connectivity index (χ4v) is 4.62. The molecule has 0 saturated carbocycles. The van der Waals surface area contributed by atoms with Gasteiger partial charge in [0.1, 0.15) is 11.4 Å². The first-order valence-electron chi connectivity index (χ1n) is 9.91. The third kappa shape index (κ3) is 2.90. The molecule has 27 heavy (non-hydrogen) atoms. The molecule has 7 heteroatoms. The second-order valence-corrected chi connectivity index (χ2v) is 7.77. The van der Waals surface area contributed by atoms with Crippen LogP contribution in [0.25, 0.3) is 0 Å². The lowest BCUT2D eigenvalue weighted by atomic mass is 9.92. The fourth-order valence-electron chi connectivity index (χ4n) is 4.62. The van der Waals surface area contributed by atoms with Crippen molar-refractivity contribution in [1.29, 1.82) is 0 Å². The summed E-state index contributed by atoms with van der Waals surface area (Å²) in [7, 11) is 0. The van der Waals surface area contributed by atoms with Crippen LogP contribution in [0.3, 0.4) is 0 Å². The highest BCUT2D eigenvalue weighted by Gasteiger charge is 2.46. The number of aryl methyl sites for hydroxylation is 1. The van der Waals surface area contributed by atoms with Crippen LogP contribution in [0.5, 0.6) is 0 Å². The van der Waals surface area contributed by atoms with Gasteiger partial charge in [0.25, 0.3) is 0 Å². The molecule has 1 N–H and O–H groups in total. The molecule has 1 unspecified atom stereocenters. The van der Waals surface area contributed by atoms with E-state index < -0.39 is 0 Å². The van der Waals surface area contributed by atoms with Crippen LogP contribution in [0.2, 0.25) is 0 Å². The van der Waals surface area contributed by atoms with E-state index in [-0.39, 0.29) is 11.6 Å². The van der Waals surface area contributed by atoms with Crippen molar-refractivity contribution in [2.24, 2.45) is 0 Å². The molecule has 1 saturated heterocycles. The Morgan fingerprint density at radius 2 is 2.11 bits per heavy atom. The number of hydrogen-bond acceptors (Lipinski definition) is 4. The summed E-state index contributed by atoms with van der Waals surface area (Å²) in [5, 5.41) is 11.6. The molecule has 7 nitrogen and oxygen atoms in total. The summed E-state index contributed by atoms with van der Waals surface area (Å²) in [4.78, 5) is 14.6. The average molecular weight is 367 g/mol. The molecule has 2 aromatic rings. The highest BCUT2D eigenvalue weighted by atomic mass is 16.5. The zero-order valence-corrected chi connectivity index (χ0v) is 15.5. The van der Waals surface area contributed by atoms with E-state index in [2.05, 4.69) is 38.3 Å². The first kappa shape index (κ1) is 16.7. The number of carbonyl (C=O) groups is 1. The van der Waals surface area contributed by atoms with Crippen LogP contribution in [0.1, 0.15) is 48.5 Å². The van der Waals surface area contributed by atoms with Crippen molar-refractivity contribution in [2.75, 3.05) is 13.1 Å². The molecular formula is C20H25N5O2. The largest absolute Gasteiger partial charge is 0.364 e. The number of amides is 2. The minimum absolute atomic E-state index is 0.0502. The Bertz CT molecular complexity index is 864. The molecule has 0 bridgehead atoms. The van der Waals surface area contributed by atoms with Crippen molar-refractivity contribution in [3.8, 4) is 0 Å². The summed E-state index contributed by atoms with van der Waals surface area (Å²) in [6, 6.07) is 8.29. The van der Waals surface area contributed by atoms with Crippen molar-refractivity contribution in [3.63, 3.8) is 0 Å². The van der Waals surface area contributed by atoms with Crippen LogP contribution in [0.15, 0.2) is 24.3 Å². The van der Waals surface area contributed by atoms with Crippen molar-refractivity contribution >= 4 is 6.03 Å². The van der Waals surface area contributed by atoms with Crippen LogP contribution in [0, 0.1) is 0 Å². The molecule has 5 rings (SSSR count). The standard InChI is InChI=1S/C20H25N5O2/c26-19(21-12-18-23-22-17-8-2-1-5-10-25(17)18)24-11-9-20(14-24)16-7-4-3-6-15(16)13-27-20/h3-4,6-7H,1-2,5,8-14H2,(H,21,26). The van der Waals surface area contributed by atoms with Gasteiger partial charge in [-0.05, 0) is 24.0 Å². The van der Waals surface area contributed by atoms with Crippen LogP contribution >= 0.6 is 0 Å². The van der Waals surface area contributed by atoms with Gasteiger partial charge in [-0.25, -0.2) is 4.79 Å². The topological polar surface area (TPSA) is 72.3 Å². The van der Waals surface area contributed by atoms with Gasteiger partial charge in [-0.1, -0.05) is 30.7 Å². The van der Waals surface area contributed by atoms with Gasteiger partial charge in [0.05, 0.1) is 19.7 Å². The van der Waals surface area contributed by atoms with E-state index in [4.69, 9.17) is 4.74 Å². The number of nitrogens with one attached hydrogen (secondary N) is 1. The Hall–Kier alpha value is -2.41. The van der Waals surface area contributed by atoms with Gasteiger partial charge in [0, 0.05) is 25.9 Å². The number of rotatable bonds is 2. The number of likely N-dealkylation sites (tertiary alicyclic amines) is 1. The first-order chi connectivity index (χ1) is 13.3. The van der Waals surface area contributed by atoms with Crippen LogP contribution in [-0.4, -0.2) is 38.8 Å². The molecule has 142 valence electrons. The summed E-state index contributed by atoms with van der Waals surface area (Å²) >= 11 is 0. The highest BCUT2D eigenvalue weighted by molar-refractivity contribution is 5.74. The van der Waals surface area contributed by atoms with Gasteiger partial charge in [0.2, 0.25) is 0 Å². The van der Waals surface area contributed by atoms with Gasteiger partial charge in [0.15, 0.2) is 5.82 Å². The number of aromatic nitrogens is 3. The van der Waals surface area contributed by atoms with E-state index in [0.717, 1.165) is 37.5 Å². The van der Waals surface area contributed by atoms with E-state index in [0.29, 0.717) is 26.2 Å². The molecule has 1 spiro atoms. The maximum Gasteiger partial charge on any atom is 0.317 e. The van der Waals surface area contributed by atoms with Gasteiger partial charge < -0.3 is 19.5 Å². The Kier molecular flexibility index (Phi) is 4.11. The number of benzene rings is 1. The zero-order chi connectivity index (χ0) is 18.3. The molecule has 3 aliphatic rings. The molecule has 1 fully saturated rings. The van der Waals surface area contributed by atoms with Gasteiger partial charge in [-0.2, -0.15) is 0 Å². The smallest absolute Gasteiger partial charge is 0.317 e. The third-order valence-corrected chi connectivity index (χ3v) is 6.12. The second-order valence-electron chi connectivity index (χ2n) is 7.77. The normalized spacial score (nSPS) is 23.9. The molecular weight excluding hydrogens is 342 g/mol. The summed E-state index contributed by atoms with van der Waals surface area (Å²) in [6.07, 6.45) is 5.37. The van der Waals surface area contributed by atoms with Gasteiger partial charge >= 0.3 is 6.03 Å². The monoisotopic (exact) mass is 367 g/mol. The van der Waals surface area contributed by atoms with Gasteiger partial charge in [-0.3, -0.25) is 0 Å². The molecule has 1 aromatic carbocycles. The van der Waals surface area contributed by atoms with Crippen LogP contribution < -0.4 is 5.32 Å². The Morgan fingerprint density at radius 1 is 1.19 bits per heavy atom. The van der Waals surface area contributed by atoms with Crippen molar-refractivity contribution in [3.05, 3.63) is 47.0 Å². The van der Waals surface area contributed by atoms with E-state index in [1.807, 2.05) is 11.0 Å². The fraction of sp³-hybridized carbons (Fsp3) is 0.550. The predicted octanol–water partition coefficient (Wildman–Crippen LogP) is 2.35. The number of ether oxygens (including phenoxy) is 1. The predicted molar refractivity (Wildman–Crippen MR) is 98.9 cm³/mol. The average Bonchev–Trinajstić information content (AvgIpc) is 3.35. The van der Waals surface area contributed by atoms with E-state index in [1.54, 1.807) is 0 Å². The SMILES string of the molecule is O=C(NCc1nnc2n1CCCCC2)N1CCC2(C1)OCc1ccccc12. The summed E-state index contributed by atoms with van der Waals surface area (Å²) in [6.45, 7) is 3.32. The number of urea groups is 1. The minimum Gasteiger partial charge on any atom is -0.364 e. The third-order valence-electron chi connectivity index (χ3n) is 6.12. The lowest BCUT2D eigenvalue weighted by molar-refractivity contribution is -0.0272. The number of hydrogen-bond donors (Lipinski definition) is 1. The maximum atomic E-state index is 12.7. The lowest BCUT2D eigenvalue weighted by Gasteiger charge is -2.25. The molecule has 2 amide bonds. The van der Waals surface area contributed by atoms with Crippen molar-refractivity contribution in [1.82, 2.24) is 25.0 Å². The second kappa shape index (κ2) is 6.64. The van der Waals surface area contributed by atoms with Gasteiger partial charge in [-0.15, -0.1) is 10.2 Å². The zero-order valence-electron chi connectivity index (χ0n) is 15.5. The first-order valence-corrected chi connectivity index (χ1v) is 9.91. The Morgan fingerprint density at radius 3 is 3.07 bits per heavy atom. The molecule has 1 aromatic heterocycles. The number of fused-ring (bicyclic) bond motifs is 3. The maximum absolute atomic E-state index is 12.7.